The van der Waals surface area contributed by atoms with Crippen molar-refractivity contribution in [1.29, 1.82) is 0 Å². The number of phenolic OH excluding ortho intramolecular Hbond substituents is 1. The molecule has 0 spiro atoms. The fourth-order valence-electron chi connectivity index (χ4n) is 9.58. The summed E-state index contributed by atoms with van der Waals surface area (Å²) in [5.41, 5.74) is 4.93. The monoisotopic (exact) mass is 1280 g/mol. The molecule has 508 valence electrons. The van der Waals surface area contributed by atoms with Crippen LogP contribution in [0, 0.1) is 6.92 Å². The molecular weight excluding hydrogens is 1190 g/mol. The zero-order chi connectivity index (χ0) is 66.0. The van der Waals surface area contributed by atoms with Crippen molar-refractivity contribution in [1.82, 2.24) is 0 Å². The van der Waals surface area contributed by atoms with E-state index in [1.165, 1.54) is 0 Å². The van der Waals surface area contributed by atoms with Crippen LogP contribution in [-0.2, 0) is 63.8 Å². The summed E-state index contributed by atoms with van der Waals surface area (Å²) in [6, 6.07) is 27.8. The van der Waals surface area contributed by atoms with Gasteiger partial charge in [0.2, 0.25) is 0 Å². The molecule has 0 bridgehead atoms. The van der Waals surface area contributed by atoms with Gasteiger partial charge in [-0.2, -0.15) is 0 Å². The van der Waals surface area contributed by atoms with Crippen molar-refractivity contribution >= 4 is 0 Å². The predicted molar refractivity (Wildman–Crippen MR) is 315 cm³/mol. The maximum atomic E-state index is 9.85. The Morgan fingerprint density at radius 2 is 0.644 bits per heavy atom. The zero-order valence-corrected chi connectivity index (χ0v) is 50.7. The van der Waals surface area contributed by atoms with E-state index in [1.807, 2.05) is 67.6 Å². The Balaban J connectivity index is 0.000000218. The van der Waals surface area contributed by atoms with Crippen LogP contribution in [0.5, 0.6) is 23.0 Å². The molecule has 4 aromatic carbocycles. The van der Waals surface area contributed by atoms with E-state index in [1.54, 1.807) is 51.7 Å². The molecule has 17 N–H and O–H groups in total. The number of aryl methyl sites for hydroxylation is 3. The molecule has 20 atom stereocenters. The Labute approximate surface area is 521 Å². The predicted octanol–water partition coefficient (Wildman–Crippen LogP) is -2.65. The van der Waals surface area contributed by atoms with Gasteiger partial charge in [-0.15, -0.1) is 0 Å². The van der Waals surface area contributed by atoms with Crippen LogP contribution in [0.3, 0.4) is 0 Å². The molecule has 4 heterocycles. The number of benzene rings is 4. The standard InChI is InChI=1S/C17H26O7.C16H24O7.C15H22O7.C14H20O7/c1-10-8-11(5-6-12(10)19)4-2-3-7-23-17-16(22)15(21)14(20)13(9-18)24-17;1-21-11-6-4-10(5-7-11)3-2-8-22-16-15(20)14(19)13(18)12(9-17)23-16;1-20-10-4-2-9(3-5-10)6-7-21-15-14(19)13(18)12(17)11(8-16)22-15;1-19-9-4-2-8(3-5-9)7-20-14-13(18)12(17)11(16)10(6-15)21-14/h5-6,8,13-22H,2-4,7,9H2,1H3;4-7,12-20H,2-3,8-9H2,1H3;2-5,11-19H,6-8H2,1H3;2-5,10-18H,6-7H2,1H3/t13-,14-,15+,16-,17-;12-,13-,14+,15-,16-;11-,12-,13+,14-,15-;10-,11-,12+,13-,14-/m1111/s1. The highest BCUT2D eigenvalue weighted by atomic mass is 16.7. The molecule has 0 radical (unpaired) electrons. The Bertz CT molecular complexity index is 2560. The van der Waals surface area contributed by atoms with E-state index in [0.29, 0.717) is 31.8 Å². The lowest BCUT2D eigenvalue weighted by Gasteiger charge is -2.39. The lowest BCUT2D eigenvalue weighted by molar-refractivity contribution is -0.304. The first-order valence-corrected chi connectivity index (χ1v) is 29.5. The minimum atomic E-state index is -1.43. The number of ether oxygens (including phenoxy) is 11. The number of aliphatic hydroxyl groups excluding tert-OH is 16. The first-order valence-electron chi connectivity index (χ1n) is 29.5. The Morgan fingerprint density at radius 3 is 1.00 bits per heavy atom. The van der Waals surface area contributed by atoms with E-state index in [4.69, 9.17) is 72.5 Å². The Hall–Kier alpha value is -4.88. The third-order valence-electron chi connectivity index (χ3n) is 15.3. The zero-order valence-electron chi connectivity index (χ0n) is 50.7. The lowest BCUT2D eigenvalue weighted by Crippen LogP contribution is -2.59. The van der Waals surface area contributed by atoms with E-state index in [2.05, 4.69) is 0 Å². The van der Waals surface area contributed by atoms with Crippen LogP contribution >= 0.6 is 0 Å². The first-order chi connectivity index (χ1) is 43.1. The van der Waals surface area contributed by atoms with E-state index < -0.39 is 149 Å². The van der Waals surface area contributed by atoms with Crippen LogP contribution in [0.4, 0.5) is 0 Å². The second-order valence-corrected chi connectivity index (χ2v) is 21.7. The van der Waals surface area contributed by atoms with Crippen molar-refractivity contribution in [3.8, 4) is 23.0 Å². The second kappa shape index (κ2) is 39.0. The highest BCUT2D eigenvalue weighted by molar-refractivity contribution is 5.35. The minimum absolute atomic E-state index is 0.146. The molecule has 0 saturated carbocycles. The van der Waals surface area contributed by atoms with E-state index in [9.17, 15) is 66.4 Å². The summed E-state index contributed by atoms with van der Waals surface area (Å²) in [7, 11) is 4.78. The maximum Gasteiger partial charge on any atom is 0.187 e. The molecule has 4 aliphatic heterocycles. The molecule has 0 amide bonds. The normalized spacial score (nSPS) is 31.6. The molecule has 4 saturated heterocycles. The van der Waals surface area contributed by atoms with Crippen molar-refractivity contribution < 1.29 is 139 Å². The van der Waals surface area contributed by atoms with Gasteiger partial charge in [-0.1, -0.05) is 48.5 Å². The number of unbranched alkanes of at least 4 members (excludes halogenated alkanes) is 1. The largest absolute Gasteiger partial charge is 0.508 e. The van der Waals surface area contributed by atoms with Crippen LogP contribution < -0.4 is 14.2 Å². The topological polar surface area (TPSA) is 445 Å². The molecule has 28 nitrogen and oxygen atoms in total. The SMILES string of the molecule is COc1ccc(CCCO[C@@H]2O[C@H](CO)[C@@H](O)[C@H](O)[C@H]2O)cc1.COc1ccc(CCO[C@@H]2O[C@H](CO)[C@@H](O)[C@H](O)[C@H]2O)cc1.COc1ccc(CO[C@@H]2O[C@H](CO)[C@@H](O)[C@H](O)[C@H]2O)cc1.Cc1cc(CCCCO[C@@H]2O[C@H](CO)[C@@H](O)[C@H](O)[C@H]2O)ccc1O. The van der Waals surface area contributed by atoms with E-state index in [0.717, 1.165) is 65.0 Å². The summed E-state index contributed by atoms with van der Waals surface area (Å²) in [5.74, 6) is 2.56. The summed E-state index contributed by atoms with van der Waals surface area (Å²) in [5, 5.41) is 163. The van der Waals surface area contributed by atoms with Crippen LogP contribution in [0.1, 0.15) is 47.1 Å². The number of rotatable bonds is 25. The minimum Gasteiger partial charge on any atom is -0.508 e. The third-order valence-corrected chi connectivity index (χ3v) is 15.3. The van der Waals surface area contributed by atoms with Gasteiger partial charge >= 0.3 is 0 Å². The highest BCUT2D eigenvalue weighted by Gasteiger charge is 2.47. The van der Waals surface area contributed by atoms with Crippen molar-refractivity contribution in [3.05, 3.63) is 119 Å². The molecular formula is C62H92O28. The number of phenols is 1. The summed E-state index contributed by atoms with van der Waals surface area (Å²) in [6.07, 6.45) is -20.4. The third kappa shape index (κ3) is 22.4. The first kappa shape index (κ1) is 75.8. The number of hydrogen-bond acceptors (Lipinski definition) is 28. The van der Waals surface area contributed by atoms with Crippen LogP contribution in [-0.4, -0.2) is 277 Å². The quantitative estimate of drug-likeness (QED) is 0.0301. The fourth-order valence-corrected chi connectivity index (χ4v) is 9.58. The number of aliphatic hydroxyl groups is 16. The molecule has 4 fully saturated rings. The van der Waals surface area contributed by atoms with Gasteiger partial charge in [0.15, 0.2) is 25.2 Å². The lowest BCUT2D eigenvalue weighted by atomic mass is 9.99. The van der Waals surface area contributed by atoms with Crippen LogP contribution in [0.15, 0.2) is 91.0 Å². The van der Waals surface area contributed by atoms with Crippen molar-refractivity contribution in [3.63, 3.8) is 0 Å². The second-order valence-electron chi connectivity index (χ2n) is 21.7. The summed E-state index contributed by atoms with van der Waals surface area (Å²) in [6.45, 7) is 1.01. The Morgan fingerprint density at radius 1 is 0.333 bits per heavy atom. The van der Waals surface area contributed by atoms with Crippen LogP contribution in [0.2, 0.25) is 0 Å². The number of methoxy groups -OCH3 is 3. The number of hydrogen-bond donors (Lipinski definition) is 17. The molecule has 4 aromatic rings. The van der Waals surface area contributed by atoms with Crippen molar-refractivity contribution in [2.75, 3.05) is 67.6 Å². The average Bonchev–Trinajstić information content (AvgIpc) is 1.81. The molecule has 90 heavy (non-hydrogen) atoms. The van der Waals surface area contributed by atoms with Gasteiger partial charge in [-0.25, -0.2) is 0 Å². The van der Waals surface area contributed by atoms with Gasteiger partial charge in [0.1, 0.15) is 121 Å². The maximum absolute atomic E-state index is 9.85. The number of aromatic hydroxyl groups is 1. The van der Waals surface area contributed by atoms with Crippen LogP contribution in [0.25, 0.3) is 0 Å². The van der Waals surface area contributed by atoms with E-state index in [-0.39, 0.29) is 19.0 Å². The highest BCUT2D eigenvalue weighted by Crippen LogP contribution is 2.27. The van der Waals surface area contributed by atoms with Gasteiger partial charge in [-0.3, -0.25) is 0 Å². The van der Waals surface area contributed by atoms with Gasteiger partial charge in [-0.05, 0) is 116 Å². The molecule has 8 rings (SSSR count). The summed E-state index contributed by atoms with van der Waals surface area (Å²) in [4.78, 5) is 0. The molecule has 4 aliphatic rings. The molecule has 0 unspecified atom stereocenters. The fraction of sp³-hybridized carbons (Fsp3) is 0.613. The van der Waals surface area contributed by atoms with Gasteiger partial charge in [0, 0.05) is 6.61 Å². The van der Waals surface area contributed by atoms with Gasteiger partial charge in [0.05, 0.1) is 67.6 Å². The van der Waals surface area contributed by atoms with Crippen molar-refractivity contribution in [2.24, 2.45) is 0 Å². The van der Waals surface area contributed by atoms with Crippen molar-refractivity contribution in [2.45, 2.75) is 175 Å². The van der Waals surface area contributed by atoms with E-state index >= 15 is 0 Å². The van der Waals surface area contributed by atoms with Gasteiger partial charge in [0.25, 0.3) is 0 Å². The molecule has 0 aromatic heterocycles. The average molecular weight is 1290 g/mol. The summed E-state index contributed by atoms with van der Waals surface area (Å²) < 4.78 is 57.9. The molecule has 28 heteroatoms. The van der Waals surface area contributed by atoms with Gasteiger partial charge < -0.3 is 139 Å². The Kier molecular flexibility index (Phi) is 32.8. The molecule has 0 aliphatic carbocycles. The smallest absolute Gasteiger partial charge is 0.187 e. The summed E-state index contributed by atoms with van der Waals surface area (Å²) >= 11 is 0.